The van der Waals surface area contributed by atoms with Gasteiger partial charge < -0.3 is 5.32 Å². The van der Waals surface area contributed by atoms with Crippen LogP contribution in [0.25, 0.3) is 0 Å². The molecule has 0 aromatic carbocycles. The van der Waals surface area contributed by atoms with Gasteiger partial charge in [0.25, 0.3) is 0 Å². The lowest BCUT2D eigenvalue weighted by atomic mass is 10.1. The molecule has 1 aliphatic rings. The fourth-order valence-corrected chi connectivity index (χ4v) is 3.85. The summed E-state index contributed by atoms with van der Waals surface area (Å²) in [6.07, 6.45) is 3.93. The maximum atomic E-state index is 6.14. The van der Waals surface area contributed by atoms with Crippen molar-refractivity contribution in [2.24, 2.45) is 5.92 Å². The monoisotopic (exact) mass is 277 g/mol. The molecule has 1 aliphatic carbocycles. The predicted octanol–water partition coefficient (Wildman–Crippen LogP) is 4.89. The van der Waals surface area contributed by atoms with Gasteiger partial charge in [0, 0.05) is 12.1 Å². The zero-order chi connectivity index (χ0) is 11.7. The molecule has 0 amide bonds. The highest BCUT2D eigenvalue weighted by Crippen LogP contribution is 2.39. The Morgan fingerprint density at radius 1 is 1.56 bits per heavy atom. The molecule has 1 saturated carbocycles. The van der Waals surface area contributed by atoms with Gasteiger partial charge in [-0.2, -0.15) is 0 Å². The second kappa shape index (κ2) is 5.26. The summed E-state index contributed by atoms with van der Waals surface area (Å²) in [4.78, 5) is 0. The average molecular weight is 278 g/mol. The Morgan fingerprint density at radius 3 is 2.88 bits per heavy atom. The van der Waals surface area contributed by atoms with Crippen molar-refractivity contribution in [2.75, 3.05) is 0 Å². The van der Waals surface area contributed by atoms with Crippen LogP contribution < -0.4 is 5.32 Å². The fraction of sp³-hybridized carbons (Fsp3) is 0.667. The zero-order valence-electron chi connectivity index (χ0n) is 9.59. The fourth-order valence-electron chi connectivity index (χ4n) is 2.20. The lowest BCUT2D eigenvalue weighted by molar-refractivity contribution is 0.531. The van der Waals surface area contributed by atoms with Gasteiger partial charge in [-0.25, -0.2) is 0 Å². The van der Waals surface area contributed by atoms with E-state index in [9.17, 15) is 0 Å². The first kappa shape index (κ1) is 12.7. The van der Waals surface area contributed by atoms with E-state index >= 15 is 0 Å². The van der Waals surface area contributed by atoms with E-state index in [0.29, 0.717) is 12.1 Å². The molecule has 1 heterocycles. The maximum absolute atomic E-state index is 6.14. The molecular weight excluding hydrogens is 261 g/mol. The van der Waals surface area contributed by atoms with Crippen LogP contribution in [-0.4, -0.2) is 6.04 Å². The Hall–Kier alpha value is 0.240. The Kier molecular flexibility index (Phi) is 4.17. The molecule has 1 aromatic heterocycles. The summed E-state index contributed by atoms with van der Waals surface area (Å²) in [5, 5.41) is 3.62. The quantitative estimate of drug-likeness (QED) is 0.808. The molecule has 0 aliphatic heterocycles. The first-order valence-corrected chi connectivity index (χ1v) is 7.39. The van der Waals surface area contributed by atoms with Crippen molar-refractivity contribution in [3.63, 3.8) is 0 Å². The van der Waals surface area contributed by atoms with Crippen LogP contribution in [-0.2, 0) is 0 Å². The third kappa shape index (κ3) is 2.92. The number of hydrogen-bond acceptors (Lipinski definition) is 2. The summed E-state index contributed by atoms with van der Waals surface area (Å²) in [5.74, 6) is 0.875. The molecule has 0 saturated heterocycles. The van der Waals surface area contributed by atoms with Crippen LogP contribution in [0.5, 0.6) is 0 Å². The van der Waals surface area contributed by atoms with Crippen LogP contribution in [0.4, 0.5) is 0 Å². The van der Waals surface area contributed by atoms with Crippen LogP contribution >= 0.6 is 34.5 Å². The topological polar surface area (TPSA) is 12.0 Å². The van der Waals surface area contributed by atoms with E-state index < -0.39 is 0 Å². The highest BCUT2D eigenvalue weighted by Gasteiger charge is 2.36. The van der Waals surface area contributed by atoms with Gasteiger partial charge in [-0.05, 0) is 37.3 Å². The molecule has 4 heteroatoms. The molecule has 0 radical (unpaired) electrons. The van der Waals surface area contributed by atoms with Crippen LogP contribution in [0.2, 0.25) is 8.67 Å². The number of thiophene rings is 1. The van der Waals surface area contributed by atoms with Gasteiger partial charge in [-0.15, -0.1) is 11.3 Å². The minimum absolute atomic E-state index is 0.308. The minimum Gasteiger partial charge on any atom is -0.307 e. The molecule has 3 atom stereocenters. The van der Waals surface area contributed by atoms with E-state index in [4.69, 9.17) is 23.2 Å². The van der Waals surface area contributed by atoms with Crippen molar-refractivity contribution in [1.82, 2.24) is 5.32 Å². The van der Waals surface area contributed by atoms with Crippen molar-refractivity contribution in [1.29, 1.82) is 0 Å². The first-order valence-electron chi connectivity index (χ1n) is 5.82. The van der Waals surface area contributed by atoms with E-state index in [2.05, 4.69) is 19.2 Å². The molecule has 1 N–H and O–H groups in total. The molecule has 1 aromatic rings. The third-order valence-electron chi connectivity index (χ3n) is 3.20. The molecule has 0 spiro atoms. The van der Waals surface area contributed by atoms with Gasteiger partial charge >= 0.3 is 0 Å². The molecular formula is C12H17Cl2NS. The van der Waals surface area contributed by atoms with Crippen LogP contribution in [0.3, 0.4) is 0 Å². The van der Waals surface area contributed by atoms with E-state index in [-0.39, 0.29) is 0 Å². The Labute approximate surface area is 111 Å². The largest absolute Gasteiger partial charge is 0.307 e. The number of hydrogen-bond donors (Lipinski definition) is 1. The average Bonchev–Trinajstić information content (AvgIpc) is 2.83. The first-order chi connectivity index (χ1) is 7.61. The lowest BCUT2D eigenvalue weighted by Crippen LogP contribution is -2.22. The molecule has 90 valence electrons. The molecule has 16 heavy (non-hydrogen) atoms. The van der Waals surface area contributed by atoms with Gasteiger partial charge in [0.05, 0.1) is 8.67 Å². The maximum Gasteiger partial charge on any atom is 0.0991 e. The molecule has 0 bridgehead atoms. The summed E-state index contributed by atoms with van der Waals surface area (Å²) < 4.78 is 1.59. The number of nitrogens with one attached hydrogen (secondary N) is 1. The van der Waals surface area contributed by atoms with E-state index in [1.54, 1.807) is 0 Å². The van der Waals surface area contributed by atoms with E-state index in [0.717, 1.165) is 20.2 Å². The van der Waals surface area contributed by atoms with Crippen LogP contribution in [0.15, 0.2) is 6.07 Å². The number of halogens is 2. The van der Waals surface area contributed by atoms with Gasteiger partial charge in [0.15, 0.2) is 0 Å². The standard InChI is InChI=1S/C12H17Cl2NS/c1-3-4-8-5-10(8)15-7(2)9-6-11(13)16-12(9)14/h6-8,10,15H,3-5H2,1-2H3. The van der Waals surface area contributed by atoms with Crippen molar-refractivity contribution >= 4 is 34.5 Å². The van der Waals surface area contributed by atoms with Crippen molar-refractivity contribution < 1.29 is 0 Å². The highest BCUT2D eigenvalue weighted by atomic mass is 35.5. The Bertz CT molecular complexity index is 364. The van der Waals surface area contributed by atoms with Crippen molar-refractivity contribution in [2.45, 2.75) is 45.2 Å². The van der Waals surface area contributed by atoms with Gasteiger partial charge in [0.2, 0.25) is 0 Å². The van der Waals surface area contributed by atoms with Gasteiger partial charge in [-0.1, -0.05) is 36.5 Å². The van der Waals surface area contributed by atoms with Crippen molar-refractivity contribution in [3.05, 3.63) is 20.3 Å². The smallest absolute Gasteiger partial charge is 0.0991 e. The Morgan fingerprint density at radius 2 is 2.31 bits per heavy atom. The lowest BCUT2D eigenvalue weighted by Gasteiger charge is -2.13. The van der Waals surface area contributed by atoms with Gasteiger partial charge in [0.1, 0.15) is 0 Å². The third-order valence-corrected chi connectivity index (χ3v) is 4.71. The van der Waals surface area contributed by atoms with Crippen LogP contribution in [0, 0.1) is 5.92 Å². The molecule has 1 fully saturated rings. The normalized spacial score (nSPS) is 25.8. The number of rotatable bonds is 5. The summed E-state index contributed by atoms with van der Waals surface area (Å²) in [6.45, 7) is 4.40. The summed E-state index contributed by atoms with van der Waals surface area (Å²) in [5.41, 5.74) is 1.14. The summed E-state index contributed by atoms with van der Waals surface area (Å²) in [6, 6.07) is 2.97. The van der Waals surface area contributed by atoms with E-state index in [1.807, 2.05) is 6.07 Å². The van der Waals surface area contributed by atoms with E-state index in [1.165, 1.54) is 30.6 Å². The van der Waals surface area contributed by atoms with Crippen molar-refractivity contribution in [3.8, 4) is 0 Å². The highest BCUT2D eigenvalue weighted by molar-refractivity contribution is 7.20. The zero-order valence-corrected chi connectivity index (χ0v) is 11.9. The predicted molar refractivity (Wildman–Crippen MR) is 72.7 cm³/mol. The SMILES string of the molecule is CCCC1CC1NC(C)c1cc(Cl)sc1Cl. The summed E-state index contributed by atoms with van der Waals surface area (Å²) in [7, 11) is 0. The Balaban J connectivity index is 1.89. The second-order valence-corrected chi connectivity index (χ2v) is 6.84. The second-order valence-electron chi connectivity index (χ2n) is 4.56. The molecule has 2 rings (SSSR count). The molecule has 1 nitrogen and oxygen atoms in total. The van der Waals surface area contributed by atoms with Gasteiger partial charge in [-0.3, -0.25) is 0 Å². The molecule has 3 unspecified atom stereocenters. The van der Waals surface area contributed by atoms with Crippen LogP contribution in [0.1, 0.15) is 44.7 Å². The minimum atomic E-state index is 0.308. The summed E-state index contributed by atoms with van der Waals surface area (Å²) >= 11 is 13.5.